The van der Waals surface area contributed by atoms with Gasteiger partial charge in [0.05, 0.1) is 0 Å². The van der Waals surface area contributed by atoms with Crippen LogP contribution in [-0.2, 0) is 9.59 Å². The zero-order valence-electron chi connectivity index (χ0n) is 12.3. The van der Waals surface area contributed by atoms with Crippen molar-refractivity contribution in [2.45, 2.75) is 25.5 Å². The molecule has 5 heteroatoms. The Morgan fingerprint density at radius 1 is 1.48 bits per heavy atom. The molecule has 1 heterocycles. The fourth-order valence-electron chi connectivity index (χ4n) is 2.19. The summed E-state index contributed by atoms with van der Waals surface area (Å²) < 4.78 is 5.60. The van der Waals surface area contributed by atoms with Gasteiger partial charge in [0.1, 0.15) is 12.4 Å². The Bertz CT molecular complexity index is 570. The Kier molecular flexibility index (Phi) is 5.07. The first kappa shape index (κ1) is 15.6. The molecule has 1 aliphatic heterocycles. The predicted octanol–water partition coefficient (Wildman–Crippen LogP) is 3.03. The standard InChI is InChI=1S/C16H19NO3S/c1-11(2)10-20-14-6-4-5-13(7-14)17-9-15(8-16(17)19)21-12(3)18/h4-7,15H,1,8-10H2,2-3H3. The lowest BCUT2D eigenvalue weighted by Crippen LogP contribution is -2.24. The molecule has 21 heavy (non-hydrogen) atoms. The van der Waals surface area contributed by atoms with Gasteiger partial charge in [-0.15, -0.1) is 0 Å². The van der Waals surface area contributed by atoms with E-state index in [0.717, 1.165) is 11.3 Å². The highest BCUT2D eigenvalue weighted by atomic mass is 32.2. The first-order valence-corrected chi connectivity index (χ1v) is 7.68. The van der Waals surface area contributed by atoms with E-state index in [2.05, 4.69) is 6.58 Å². The van der Waals surface area contributed by atoms with Crippen molar-refractivity contribution in [2.75, 3.05) is 18.1 Å². The van der Waals surface area contributed by atoms with Gasteiger partial charge in [0.15, 0.2) is 5.12 Å². The average molecular weight is 305 g/mol. The summed E-state index contributed by atoms with van der Waals surface area (Å²) in [5.74, 6) is 0.761. The number of hydrogen-bond donors (Lipinski definition) is 0. The Morgan fingerprint density at radius 3 is 2.90 bits per heavy atom. The number of benzene rings is 1. The first-order valence-electron chi connectivity index (χ1n) is 6.80. The van der Waals surface area contributed by atoms with Crippen molar-refractivity contribution in [1.29, 1.82) is 0 Å². The smallest absolute Gasteiger partial charge is 0.228 e. The minimum atomic E-state index is 0.0370. The highest BCUT2D eigenvalue weighted by Gasteiger charge is 2.31. The van der Waals surface area contributed by atoms with Crippen molar-refractivity contribution in [3.05, 3.63) is 36.4 Å². The summed E-state index contributed by atoms with van der Waals surface area (Å²) in [6, 6.07) is 7.45. The third-order valence-corrected chi connectivity index (χ3v) is 4.02. The molecule has 0 aliphatic carbocycles. The molecule has 0 radical (unpaired) electrons. The number of amides is 1. The summed E-state index contributed by atoms with van der Waals surface area (Å²) in [5, 5.41) is 0.0863. The molecule has 0 saturated carbocycles. The van der Waals surface area contributed by atoms with Crippen molar-refractivity contribution in [3.63, 3.8) is 0 Å². The molecule has 1 aromatic rings. The zero-order valence-corrected chi connectivity index (χ0v) is 13.1. The van der Waals surface area contributed by atoms with E-state index in [0.29, 0.717) is 25.3 Å². The molecule has 4 nitrogen and oxygen atoms in total. The summed E-state index contributed by atoms with van der Waals surface area (Å²) in [7, 11) is 0. The molecule has 1 atom stereocenters. The number of anilines is 1. The second-order valence-electron chi connectivity index (χ2n) is 5.18. The fourth-order valence-corrected chi connectivity index (χ4v) is 3.10. The van der Waals surface area contributed by atoms with Gasteiger partial charge in [0.2, 0.25) is 5.91 Å². The zero-order chi connectivity index (χ0) is 15.4. The summed E-state index contributed by atoms with van der Waals surface area (Å²) in [4.78, 5) is 25.0. The third-order valence-electron chi connectivity index (χ3n) is 3.04. The molecule has 0 N–H and O–H groups in total. The molecule has 0 bridgehead atoms. The largest absolute Gasteiger partial charge is 0.489 e. The molecule has 2 rings (SSSR count). The SMILES string of the molecule is C=C(C)COc1cccc(N2CC(SC(C)=O)CC2=O)c1. The van der Waals surface area contributed by atoms with E-state index >= 15 is 0 Å². The second-order valence-corrected chi connectivity index (χ2v) is 6.66. The van der Waals surface area contributed by atoms with Gasteiger partial charge in [-0.1, -0.05) is 24.4 Å². The highest BCUT2D eigenvalue weighted by molar-refractivity contribution is 8.14. The monoisotopic (exact) mass is 305 g/mol. The molecule has 1 aliphatic rings. The molecule has 112 valence electrons. The number of carbonyl (C=O) groups excluding carboxylic acids is 2. The Balaban J connectivity index is 2.07. The summed E-state index contributed by atoms with van der Waals surface area (Å²) >= 11 is 1.24. The van der Waals surface area contributed by atoms with Crippen LogP contribution in [0.1, 0.15) is 20.3 Å². The van der Waals surface area contributed by atoms with Crippen molar-refractivity contribution in [1.82, 2.24) is 0 Å². The Morgan fingerprint density at radius 2 is 2.24 bits per heavy atom. The van der Waals surface area contributed by atoms with Gasteiger partial charge in [-0.2, -0.15) is 0 Å². The highest BCUT2D eigenvalue weighted by Crippen LogP contribution is 2.30. The minimum Gasteiger partial charge on any atom is -0.489 e. The summed E-state index contributed by atoms with van der Waals surface area (Å²) in [6.07, 6.45) is 0.404. The maximum Gasteiger partial charge on any atom is 0.228 e. The van der Waals surface area contributed by atoms with E-state index in [1.165, 1.54) is 18.7 Å². The molecule has 0 spiro atoms. The molecule has 1 saturated heterocycles. The van der Waals surface area contributed by atoms with Crippen LogP contribution in [-0.4, -0.2) is 29.4 Å². The quantitative estimate of drug-likeness (QED) is 0.785. The van der Waals surface area contributed by atoms with Gasteiger partial charge in [-0.05, 0) is 24.6 Å². The number of thioether (sulfide) groups is 1. The normalized spacial score (nSPS) is 17.9. The van der Waals surface area contributed by atoms with Crippen LogP contribution in [0, 0.1) is 0 Å². The number of rotatable bonds is 5. The van der Waals surface area contributed by atoms with E-state index < -0.39 is 0 Å². The lowest BCUT2D eigenvalue weighted by atomic mass is 10.2. The van der Waals surface area contributed by atoms with Crippen LogP contribution in [0.3, 0.4) is 0 Å². The molecule has 1 aromatic carbocycles. The van der Waals surface area contributed by atoms with E-state index in [1.54, 1.807) is 4.90 Å². The maximum absolute atomic E-state index is 12.1. The first-order chi connectivity index (χ1) is 9.95. The molecule has 1 amide bonds. The topological polar surface area (TPSA) is 46.6 Å². The fraction of sp³-hybridized carbons (Fsp3) is 0.375. The van der Waals surface area contributed by atoms with Gasteiger partial charge in [-0.3, -0.25) is 9.59 Å². The molecule has 1 fully saturated rings. The van der Waals surface area contributed by atoms with Crippen LogP contribution in [0.5, 0.6) is 5.75 Å². The second kappa shape index (κ2) is 6.80. The van der Waals surface area contributed by atoms with Gasteiger partial charge in [0.25, 0.3) is 0 Å². The van der Waals surface area contributed by atoms with Crippen LogP contribution in [0.4, 0.5) is 5.69 Å². The van der Waals surface area contributed by atoms with Crippen molar-refractivity contribution in [2.24, 2.45) is 0 Å². The number of ether oxygens (including phenoxy) is 1. The average Bonchev–Trinajstić information content (AvgIpc) is 2.76. The Labute approximate surface area is 129 Å². The molecule has 0 aromatic heterocycles. The maximum atomic E-state index is 12.1. The van der Waals surface area contributed by atoms with Crippen molar-refractivity contribution < 1.29 is 14.3 Å². The van der Waals surface area contributed by atoms with Crippen LogP contribution in [0.2, 0.25) is 0 Å². The van der Waals surface area contributed by atoms with Gasteiger partial charge >= 0.3 is 0 Å². The van der Waals surface area contributed by atoms with E-state index in [1.807, 2.05) is 31.2 Å². The van der Waals surface area contributed by atoms with E-state index in [9.17, 15) is 9.59 Å². The predicted molar refractivity (Wildman–Crippen MR) is 85.8 cm³/mol. The summed E-state index contributed by atoms with van der Waals surface area (Å²) in [6.45, 7) is 8.25. The Hall–Kier alpha value is -1.75. The third kappa shape index (κ3) is 4.36. The van der Waals surface area contributed by atoms with E-state index in [-0.39, 0.29) is 16.3 Å². The van der Waals surface area contributed by atoms with Gasteiger partial charge < -0.3 is 9.64 Å². The lowest BCUT2D eigenvalue weighted by molar-refractivity contribution is -0.117. The summed E-state index contributed by atoms with van der Waals surface area (Å²) in [5.41, 5.74) is 1.75. The van der Waals surface area contributed by atoms with Crippen molar-refractivity contribution >= 4 is 28.5 Å². The molecule has 1 unspecified atom stereocenters. The van der Waals surface area contributed by atoms with Crippen LogP contribution in [0.15, 0.2) is 36.4 Å². The van der Waals surface area contributed by atoms with Gasteiger partial charge in [0, 0.05) is 36.9 Å². The number of hydrogen-bond acceptors (Lipinski definition) is 4. The molecular formula is C16H19NO3S. The van der Waals surface area contributed by atoms with Crippen molar-refractivity contribution in [3.8, 4) is 5.75 Å². The van der Waals surface area contributed by atoms with E-state index in [4.69, 9.17) is 4.74 Å². The number of nitrogens with zero attached hydrogens (tertiary/aromatic N) is 1. The minimum absolute atomic E-state index is 0.0370. The molecular weight excluding hydrogens is 286 g/mol. The van der Waals surface area contributed by atoms with Crippen LogP contribution >= 0.6 is 11.8 Å². The van der Waals surface area contributed by atoms with Crippen LogP contribution < -0.4 is 9.64 Å². The lowest BCUT2D eigenvalue weighted by Gasteiger charge is -2.17. The van der Waals surface area contributed by atoms with Gasteiger partial charge in [-0.25, -0.2) is 0 Å². The number of carbonyl (C=O) groups is 2. The van der Waals surface area contributed by atoms with Crippen LogP contribution in [0.25, 0.3) is 0 Å².